The van der Waals surface area contributed by atoms with Gasteiger partial charge in [-0.15, -0.1) is 0 Å². The van der Waals surface area contributed by atoms with Crippen LogP contribution >= 0.6 is 50.3 Å². The molecule has 1 aliphatic rings. The molecule has 2 heterocycles. The Hall–Kier alpha value is -1.06. The molecule has 0 radical (unpaired) electrons. The van der Waals surface area contributed by atoms with Crippen molar-refractivity contribution in [2.24, 2.45) is 0 Å². The Morgan fingerprint density at radius 2 is 2.13 bits per heavy atom. The van der Waals surface area contributed by atoms with Gasteiger partial charge in [0.1, 0.15) is 5.76 Å². The second-order valence-corrected chi connectivity index (χ2v) is 7.85. The first kappa shape index (κ1) is 16.8. The van der Waals surface area contributed by atoms with E-state index in [2.05, 4.69) is 38.5 Å². The Balaban J connectivity index is 1.82. The van der Waals surface area contributed by atoms with Crippen molar-refractivity contribution in [3.05, 3.63) is 60.4 Å². The summed E-state index contributed by atoms with van der Waals surface area (Å²) in [5.74, 6) is 0.256. The summed E-state index contributed by atoms with van der Waals surface area (Å²) < 4.78 is 7.02. The van der Waals surface area contributed by atoms with E-state index < -0.39 is 0 Å². The van der Waals surface area contributed by atoms with E-state index in [1.165, 1.54) is 4.90 Å². The van der Waals surface area contributed by atoms with E-state index in [4.69, 9.17) is 4.42 Å². The first-order valence-electron chi connectivity index (χ1n) is 6.70. The highest BCUT2D eigenvalue weighted by atomic mass is 127. The molecule has 1 saturated heterocycles. The molecule has 118 valence electrons. The number of imide groups is 1. The van der Waals surface area contributed by atoms with Gasteiger partial charge in [0, 0.05) is 28.7 Å². The van der Waals surface area contributed by atoms with Gasteiger partial charge in [-0.2, -0.15) is 0 Å². The van der Waals surface area contributed by atoms with Crippen LogP contribution < -0.4 is 0 Å². The molecule has 0 spiro atoms. The molecule has 1 aliphatic heterocycles. The van der Waals surface area contributed by atoms with Crippen LogP contribution in [0, 0.1) is 10.7 Å². The minimum Gasteiger partial charge on any atom is -0.450 e. The number of hydrogen-bond donors (Lipinski definition) is 0. The summed E-state index contributed by atoms with van der Waals surface area (Å²) in [6.07, 6.45) is 1.61. The Morgan fingerprint density at radius 1 is 1.35 bits per heavy atom. The molecule has 2 amide bonds. The Kier molecular flexibility index (Phi) is 4.98. The third-order valence-corrected chi connectivity index (χ3v) is 6.27. The maximum Gasteiger partial charge on any atom is 0.293 e. The van der Waals surface area contributed by atoms with Crippen molar-refractivity contribution in [3.8, 4) is 0 Å². The Morgan fingerprint density at radius 3 is 2.78 bits per heavy atom. The fraction of sp³-hybridized carbons (Fsp3) is 0.125. The van der Waals surface area contributed by atoms with Crippen LogP contribution in [0.2, 0.25) is 0 Å². The van der Waals surface area contributed by atoms with Crippen molar-refractivity contribution in [1.29, 1.82) is 0 Å². The van der Waals surface area contributed by atoms with Gasteiger partial charge < -0.3 is 4.42 Å². The van der Waals surface area contributed by atoms with Crippen molar-refractivity contribution in [3.63, 3.8) is 0 Å². The van der Waals surface area contributed by atoms with Gasteiger partial charge in [0.2, 0.25) is 0 Å². The lowest BCUT2D eigenvalue weighted by Gasteiger charge is -2.12. The lowest BCUT2D eigenvalue weighted by Crippen LogP contribution is -2.27. The standard InChI is InChI=1S/C16H11BrINO3S/c1-9-3-2-4-10(5-9)8-19-15(20)13(23-16(19)21)7-11-6-12(17)14(18)22-11/h2-7H,8H2,1H3/b13-7-. The van der Waals surface area contributed by atoms with Crippen molar-refractivity contribution >= 4 is 67.5 Å². The predicted molar refractivity (Wildman–Crippen MR) is 102 cm³/mol. The predicted octanol–water partition coefficient (Wildman–Crippen LogP) is 5.19. The van der Waals surface area contributed by atoms with Gasteiger partial charge in [0.15, 0.2) is 3.77 Å². The van der Waals surface area contributed by atoms with E-state index >= 15 is 0 Å². The van der Waals surface area contributed by atoms with Crippen LogP contribution in [0.1, 0.15) is 16.9 Å². The van der Waals surface area contributed by atoms with Gasteiger partial charge in [0.25, 0.3) is 11.1 Å². The maximum absolute atomic E-state index is 12.5. The van der Waals surface area contributed by atoms with Crippen molar-refractivity contribution in [2.45, 2.75) is 13.5 Å². The summed E-state index contributed by atoms with van der Waals surface area (Å²) >= 11 is 6.34. The zero-order chi connectivity index (χ0) is 16.6. The highest BCUT2D eigenvalue weighted by molar-refractivity contribution is 14.1. The molecule has 23 heavy (non-hydrogen) atoms. The summed E-state index contributed by atoms with van der Waals surface area (Å²) in [7, 11) is 0. The zero-order valence-electron chi connectivity index (χ0n) is 12.0. The maximum atomic E-state index is 12.5. The highest BCUT2D eigenvalue weighted by Crippen LogP contribution is 2.34. The minimum atomic E-state index is -0.288. The van der Waals surface area contributed by atoms with Crippen LogP contribution in [0.3, 0.4) is 0 Å². The highest BCUT2D eigenvalue weighted by Gasteiger charge is 2.35. The SMILES string of the molecule is Cc1cccc(CN2C(=O)S/C(=C\c3cc(Br)c(I)o3)C2=O)c1. The number of halogens is 2. The second-order valence-electron chi connectivity index (χ2n) is 5.03. The summed E-state index contributed by atoms with van der Waals surface area (Å²) in [6.45, 7) is 2.26. The number of amides is 2. The van der Waals surface area contributed by atoms with Gasteiger partial charge in [0.05, 0.1) is 15.9 Å². The summed E-state index contributed by atoms with van der Waals surface area (Å²) in [5, 5.41) is -0.261. The Bertz CT molecular complexity index is 811. The average Bonchev–Trinajstić information content (AvgIpc) is 2.93. The smallest absolute Gasteiger partial charge is 0.293 e. The van der Waals surface area contributed by atoms with E-state index in [9.17, 15) is 9.59 Å². The molecule has 0 unspecified atom stereocenters. The Labute approximate surface area is 159 Å². The fourth-order valence-corrected chi connectivity index (χ4v) is 3.73. The van der Waals surface area contributed by atoms with Crippen molar-refractivity contribution in [2.75, 3.05) is 0 Å². The quantitative estimate of drug-likeness (QED) is 0.427. The van der Waals surface area contributed by atoms with Gasteiger partial charge in [-0.25, -0.2) is 0 Å². The average molecular weight is 504 g/mol. The van der Waals surface area contributed by atoms with Gasteiger partial charge in [-0.3, -0.25) is 14.5 Å². The number of benzene rings is 1. The van der Waals surface area contributed by atoms with E-state index in [0.717, 1.165) is 27.4 Å². The number of thioether (sulfide) groups is 1. The first-order valence-corrected chi connectivity index (χ1v) is 9.38. The van der Waals surface area contributed by atoms with E-state index in [1.54, 1.807) is 12.1 Å². The van der Waals surface area contributed by atoms with Crippen LogP contribution in [-0.4, -0.2) is 16.0 Å². The number of rotatable bonds is 3. The number of furan rings is 1. The number of carbonyl (C=O) groups is 2. The first-order chi connectivity index (χ1) is 10.9. The van der Waals surface area contributed by atoms with Crippen LogP contribution in [0.25, 0.3) is 6.08 Å². The van der Waals surface area contributed by atoms with Crippen LogP contribution in [0.15, 0.2) is 44.1 Å². The summed E-state index contributed by atoms with van der Waals surface area (Å²) in [6, 6.07) is 9.55. The zero-order valence-corrected chi connectivity index (χ0v) is 16.6. The minimum absolute atomic E-state index is 0.261. The molecule has 0 saturated carbocycles. The number of aryl methyl sites for hydroxylation is 1. The van der Waals surface area contributed by atoms with E-state index in [0.29, 0.717) is 14.4 Å². The molecule has 4 nitrogen and oxygen atoms in total. The lowest BCUT2D eigenvalue weighted by atomic mass is 10.1. The van der Waals surface area contributed by atoms with Gasteiger partial charge in [-0.05, 0) is 46.2 Å². The van der Waals surface area contributed by atoms with Crippen molar-refractivity contribution < 1.29 is 14.0 Å². The third-order valence-electron chi connectivity index (χ3n) is 3.23. The second kappa shape index (κ2) is 6.82. The lowest BCUT2D eigenvalue weighted by molar-refractivity contribution is -0.123. The normalized spacial score (nSPS) is 16.7. The van der Waals surface area contributed by atoms with Gasteiger partial charge >= 0.3 is 0 Å². The molecule has 0 N–H and O–H groups in total. The summed E-state index contributed by atoms with van der Waals surface area (Å²) in [5.41, 5.74) is 2.03. The third kappa shape index (κ3) is 3.72. The van der Waals surface area contributed by atoms with Crippen LogP contribution in [0.5, 0.6) is 0 Å². The molecule has 7 heteroatoms. The largest absolute Gasteiger partial charge is 0.450 e. The number of carbonyl (C=O) groups excluding carboxylic acids is 2. The molecule has 3 rings (SSSR count). The van der Waals surface area contributed by atoms with Crippen LogP contribution in [0.4, 0.5) is 4.79 Å². The molecule has 0 aliphatic carbocycles. The molecular weight excluding hydrogens is 493 g/mol. The topological polar surface area (TPSA) is 50.5 Å². The molecule has 2 aromatic rings. The summed E-state index contributed by atoms with van der Waals surface area (Å²) in [4.78, 5) is 26.2. The monoisotopic (exact) mass is 503 g/mol. The molecular formula is C16H11BrINO3S. The molecule has 0 bridgehead atoms. The fourth-order valence-electron chi connectivity index (χ4n) is 2.19. The molecule has 1 aromatic carbocycles. The van der Waals surface area contributed by atoms with Crippen LogP contribution in [-0.2, 0) is 11.3 Å². The van der Waals surface area contributed by atoms with Crippen molar-refractivity contribution in [1.82, 2.24) is 4.90 Å². The van der Waals surface area contributed by atoms with Gasteiger partial charge in [-0.1, -0.05) is 29.8 Å². The molecule has 0 atom stereocenters. The number of hydrogen-bond acceptors (Lipinski definition) is 4. The molecule has 1 aromatic heterocycles. The van der Waals surface area contributed by atoms with E-state index in [-0.39, 0.29) is 17.7 Å². The number of nitrogens with zero attached hydrogens (tertiary/aromatic N) is 1. The van der Waals surface area contributed by atoms with E-state index in [1.807, 2.05) is 31.2 Å². The molecule has 1 fully saturated rings.